The largest absolute Gasteiger partial charge is 0.117 e. The summed E-state index contributed by atoms with van der Waals surface area (Å²) < 4.78 is 14.4. The molecule has 0 saturated carbocycles. The minimum Gasteiger partial charge on any atom is -0.117 e. The van der Waals surface area contributed by atoms with Crippen LogP contribution in [0, 0.1) is 23.7 Å². The van der Waals surface area contributed by atoms with Crippen molar-refractivity contribution >= 4 is 198 Å². The Kier molecular flexibility index (Phi) is 26.6. The number of halogens is 2. The molecule has 1 aromatic heterocycles. The van der Waals surface area contributed by atoms with Gasteiger partial charge in [0, 0.05) is 0 Å². The fourth-order valence-corrected chi connectivity index (χ4v) is 26.7. The van der Waals surface area contributed by atoms with Gasteiger partial charge in [-0.05, 0) is 143 Å². The van der Waals surface area contributed by atoms with E-state index < -0.39 is 0 Å². The lowest BCUT2D eigenvalue weighted by Crippen LogP contribution is -1.95. The molecule has 0 fully saturated rings. The van der Waals surface area contributed by atoms with Gasteiger partial charge in [0.1, 0.15) is 0 Å². The van der Waals surface area contributed by atoms with Gasteiger partial charge >= 0.3 is 0 Å². The third-order valence-electron chi connectivity index (χ3n) is 8.70. The van der Waals surface area contributed by atoms with E-state index in [9.17, 15) is 0 Å². The average Bonchev–Trinajstić information content (AvgIpc) is 4.06. The Morgan fingerprint density at radius 3 is 1.00 bits per heavy atom. The van der Waals surface area contributed by atoms with Crippen molar-refractivity contribution in [3.8, 4) is 23.7 Å². The summed E-state index contributed by atoms with van der Waals surface area (Å²) in [6.45, 7) is 13.8. The van der Waals surface area contributed by atoms with Crippen LogP contribution in [-0.2, 0) is 12.8 Å². The Bertz CT molecular complexity index is 1760. The van der Waals surface area contributed by atoms with Gasteiger partial charge in [0.05, 0.1) is 59.3 Å². The molecule has 1 aromatic rings. The van der Waals surface area contributed by atoms with E-state index in [1.165, 1.54) is 170 Å². The van der Waals surface area contributed by atoms with Gasteiger partial charge in [-0.2, -0.15) is 0 Å². The third-order valence-corrected chi connectivity index (χ3v) is 30.0. The van der Waals surface area contributed by atoms with Crippen molar-refractivity contribution in [2.75, 3.05) is 23.0 Å². The summed E-state index contributed by atoms with van der Waals surface area (Å²) in [6, 6.07) is 0. The number of hydrogen-bond donors (Lipinski definition) is 0. The Hall–Kier alpha value is 2.92. The van der Waals surface area contributed by atoms with Crippen molar-refractivity contribution in [2.24, 2.45) is 0 Å². The molecule has 5 rings (SSSR count). The zero-order chi connectivity index (χ0) is 42.0. The first-order valence-electron chi connectivity index (χ1n) is 20.7. The predicted octanol–water partition coefficient (Wildman–Crippen LogP) is 20.9. The molecule has 0 saturated heterocycles. The summed E-state index contributed by atoms with van der Waals surface area (Å²) in [5.41, 5.74) is 2.93. The number of hydrogen-bond acceptors (Lipinski definition) is 13. The summed E-state index contributed by atoms with van der Waals surface area (Å²) in [5.74, 6) is 19.8. The summed E-state index contributed by atoms with van der Waals surface area (Å²) >= 11 is 30.9. The number of allylic oxidation sites excluding steroid dienone is 2. The molecule has 322 valence electrons. The Balaban J connectivity index is 1.35. The highest BCUT2D eigenvalue weighted by atomic mass is 127. The monoisotopic (exact) mass is 1250 g/mol. The van der Waals surface area contributed by atoms with Crippen molar-refractivity contribution in [2.45, 2.75) is 131 Å². The van der Waals surface area contributed by atoms with Crippen LogP contribution in [-0.4, -0.2) is 23.0 Å². The normalized spacial score (nSPS) is 17.1. The van der Waals surface area contributed by atoms with Gasteiger partial charge in [-0.1, -0.05) is 186 Å². The van der Waals surface area contributed by atoms with Gasteiger partial charge < -0.3 is 0 Å². The quantitative estimate of drug-likeness (QED) is 0.0617. The minimum absolute atomic E-state index is 1.08. The molecule has 0 atom stereocenters. The molecule has 0 amide bonds. The molecule has 0 radical (unpaired) electrons. The number of unbranched alkanes of at least 4 members (excludes halogenated alkanes) is 6. The lowest BCUT2D eigenvalue weighted by molar-refractivity contribution is 0.760. The van der Waals surface area contributed by atoms with Crippen molar-refractivity contribution in [1.29, 1.82) is 0 Å². The molecule has 0 aromatic carbocycles. The second-order valence-corrected chi connectivity index (χ2v) is 32.8. The topological polar surface area (TPSA) is 0 Å². The van der Waals surface area contributed by atoms with Crippen LogP contribution in [0.2, 0.25) is 0 Å². The fourth-order valence-electron chi connectivity index (χ4n) is 5.35. The van der Waals surface area contributed by atoms with E-state index in [2.05, 4.69) is 157 Å². The van der Waals surface area contributed by atoms with Crippen LogP contribution in [0.5, 0.6) is 0 Å². The van der Waals surface area contributed by atoms with Crippen LogP contribution in [0.1, 0.15) is 139 Å². The van der Waals surface area contributed by atoms with E-state index >= 15 is 0 Å². The molecule has 0 unspecified atom stereocenters. The molecular weight excluding hydrogens is 1200 g/mol. The number of thiophene rings is 1. The maximum Gasteiger partial charge on any atom is 0.0832 e. The smallest absolute Gasteiger partial charge is 0.0832 e. The van der Waals surface area contributed by atoms with Gasteiger partial charge in [0.25, 0.3) is 0 Å². The van der Waals surface area contributed by atoms with Crippen molar-refractivity contribution in [3.63, 3.8) is 0 Å². The van der Waals surface area contributed by atoms with Gasteiger partial charge in [0.15, 0.2) is 0 Å². The Morgan fingerprint density at radius 2 is 0.695 bits per heavy atom. The predicted molar refractivity (Wildman–Crippen MR) is 316 cm³/mol. The Labute approximate surface area is 440 Å². The van der Waals surface area contributed by atoms with Crippen molar-refractivity contribution in [3.05, 3.63) is 70.4 Å². The molecule has 4 aliphatic rings. The first-order valence-corrected chi connectivity index (χ1v) is 34.2. The second-order valence-electron chi connectivity index (χ2n) is 13.6. The molecule has 0 nitrogen and oxygen atoms in total. The van der Waals surface area contributed by atoms with E-state index in [0.717, 1.165) is 12.8 Å². The van der Waals surface area contributed by atoms with Crippen LogP contribution in [0.4, 0.5) is 0 Å². The molecule has 0 spiro atoms. The summed E-state index contributed by atoms with van der Waals surface area (Å²) in [4.78, 5) is 4.89. The third kappa shape index (κ3) is 16.6. The summed E-state index contributed by atoms with van der Waals surface area (Å²) in [7, 11) is 0. The first kappa shape index (κ1) is 52.9. The molecule has 4 aliphatic heterocycles. The number of rotatable bonds is 22. The lowest BCUT2D eigenvalue weighted by atomic mass is 9.98. The molecule has 0 N–H and O–H groups in total. The maximum atomic E-state index is 3.76. The average molecular weight is 1250 g/mol. The zero-order valence-corrected chi connectivity index (χ0v) is 49.7. The zero-order valence-electron chi connectivity index (χ0n) is 34.8. The van der Waals surface area contributed by atoms with Crippen molar-refractivity contribution < 1.29 is 0 Å². The maximum absolute atomic E-state index is 3.76. The fraction of sp³-hybridized carbons (Fsp3) is 0.545. The summed E-state index contributed by atoms with van der Waals surface area (Å²) in [6.07, 6.45) is 17.0. The molecule has 0 aliphatic carbocycles. The standard InChI is InChI=1S/C44H54I2S13/c1-7-13-19-29-30(20-14-8-2)32(22-24-34-36(46)55-42(53-34)44-58-39(49-27-17-11-5)40(59-44)50-28-18-12-6)51-31(29)21-23-33-35(45)54-41(52-33)43-56-37(47-25-15-9-3)38(57-43)48-26-16-10-4/h7-20,25-28H2,1-6H3. The van der Waals surface area contributed by atoms with E-state index in [4.69, 9.17) is 0 Å². The SMILES string of the molecule is CCCCSC1=C(SCCCC)SC(=C2SC(I)=C(C#Cc3sc(C#CC4=C(I)SC(=C5SC(SCCCC)=C(SCCCC)S5)S4)c(CCCC)c3CCCC)S2)S1. The highest BCUT2D eigenvalue weighted by Crippen LogP contribution is 2.66. The van der Waals surface area contributed by atoms with Gasteiger partial charge in [-0.3, -0.25) is 0 Å². The van der Waals surface area contributed by atoms with E-state index in [-0.39, 0.29) is 0 Å². The van der Waals surface area contributed by atoms with Crippen molar-refractivity contribution in [1.82, 2.24) is 0 Å². The van der Waals surface area contributed by atoms with Crippen LogP contribution >= 0.6 is 198 Å². The van der Waals surface area contributed by atoms with Gasteiger partial charge in [0.2, 0.25) is 0 Å². The Morgan fingerprint density at radius 1 is 0.390 bits per heavy atom. The van der Waals surface area contributed by atoms with E-state index in [0.29, 0.717) is 0 Å². The molecule has 15 heteroatoms. The van der Waals surface area contributed by atoms with Crippen LogP contribution in [0.15, 0.2) is 49.5 Å². The lowest BCUT2D eigenvalue weighted by Gasteiger charge is -2.05. The highest BCUT2D eigenvalue weighted by Gasteiger charge is 2.31. The van der Waals surface area contributed by atoms with E-state index in [1.807, 2.05) is 105 Å². The second kappa shape index (κ2) is 29.6. The molecular formula is C44H54I2S13. The molecule has 5 heterocycles. The number of thioether (sulfide) groups is 12. The van der Waals surface area contributed by atoms with Gasteiger partial charge in [-0.15, -0.1) is 58.4 Å². The van der Waals surface area contributed by atoms with Gasteiger partial charge in [-0.25, -0.2) is 0 Å². The summed E-state index contributed by atoms with van der Waals surface area (Å²) in [5, 5.41) is 0. The van der Waals surface area contributed by atoms with Crippen LogP contribution in [0.3, 0.4) is 0 Å². The van der Waals surface area contributed by atoms with E-state index in [1.54, 1.807) is 0 Å². The molecule has 0 bridgehead atoms. The van der Waals surface area contributed by atoms with Crippen LogP contribution in [0.25, 0.3) is 0 Å². The minimum atomic E-state index is 1.08. The first-order chi connectivity index (χ1) is 28.8. The van der Waals surface area contributed by atoms with Crippen LogP contribution < -0.4 is 0 Å². The molecule has 59 heavy (non-hydrogen) atoms. The highest BCUT2D eigenvalue weighted by molar-refractivity contribution is 14.1.